The zero-order valence-electron chi connectivity index (χ0n) is 12.2. The van der Waals surface area contributed by atoms with E-state index in [4.69, 9.17) is 10.5 Å². The van der Waals surface area contributed by atoms with Gasteiger partial charge in [0.05, 0.1) is 23.1 Å². The summed E-state index contributed by atoms with van der Waals surface area (Å²) in [6.45, 7) is 4.52. The Balaban J connectivity index is 2.01. The summed E-state index contributed by atoms with van der Waals surface area (Å²) in [4.78, 5) is 0. The Kier molecular flexibility index (Phi) is 4.26. The molecule has 0 fully saturated rings. The zero-order valence-corrected chi connectivity index (χ0v) is 12.2. The van der Waals surface area contributed by atoms with E-state index in [1.165, 1.54) is 0 Å². The Labute approximate surface area is 125 Å². The number of anilines is 1. The molecule has 0 heterocycles. The van der Waals surface area contributed by atoms with E-state index < -0.39 is 5.41 Å². The molecule has 2 aromatic rings. The third-order valence-electron chi connectivity index (χ3n) is 3.47. The zero-order chi connectivity index (χ0) is 15.3. The van der Waals surface area contributed by atoms with Crippen LogP contribution in [0.15, 0.2) is 48.5 Å². The Bertz CT molecular complexity index is 683. The molecule has 3 nitrogen and oxygen atoms in total. The summed E-state index contributed by atoms with van der Waals surface area (Å²) in [5.74, 6) is 0. The van der Waals surface area contributed by atoms with Crippen LogP contribution in [0.3, 0.4) is 0 Å². The van der Waals surface area contributed by atoms with Gasteiger partial charge in [0, 0.05) is 12.2 Å². The quantitative estimate of drug-likeness (QED) is 0.918. The predicted molar refractivity (Wildman–Crippen MR) is 83.6 cm³/mol. The van der Waals surface area contributed by atoms with Crippen molar-refractivity contribution in [2.75, 3.05) is 5.32 Å². The summed E-state index contributed by atoms with van der Waals surface area (Å²) in [7, 11) is 0. The molecule has 104 valence electrons. The first-order valence-electron chi connectivity index (χ1n) is 6.80. The second kappa shape index (κ2) is 6.11. The molecule has 0 spiro atoms. The first-order valence-corrected chi connectivity index (χ1v) is 6.80. The molecule has 0 saturated heterocycles. The van der Waals surface area contributed by atoms with Gasteiger partial charge < -0.3 is 5.32 Å². The van der Waals surface area contributed by atoms with Crippen LogP contribution in [0.2, 0.25) is 0 Å². The number of hydrogen-bond acceptors (Lipinski definition) is 3. The minimum atomic E-state index is -0.467. The van der Waals surface area contributed by atoms with Crippen molar-refractivity contribution in [1.82, 2.24) is 0 Å². The highest BCUT2D eigenvalue weighted by Crippen LogP contribution is 2.23. The van der Waals surface area contributed by atoms with Crippen LogP contribution in [0.4, 0.5) is 5.69 Å². The average molecular weight is 275 g/mol. The topological polar surface area (TPSA) is 59.6 Å². The SMILES string of the molecule is CC(C)(C#N)c1ccc(NCc2ccc(C#N)cc2)cc1. The molecule has 0 atom stereocenters. The van der Waals surface area contributed by atoms with E-state index in [0.717, 1.165) is 16.8 Å². The van der Waals surface area contributed by atoms with Gasteiger partial charge in [-0.15, -0.1) is 0 Å². The molecule has 0 radical (unpaired) electrons. The molecule has 0 aliphatic carbocycles. The molecular weight excluding hydrogens is 258 g/mol. The van der Waals surface area contributed by atoms with E-state index in [1.807, 2.05) is 62.4 Å². The van der Waals surface area contributed by atoms with Crippen LogP contribution in [0.1, 0.15) is 30.5 Å². The van der Waals surface area contributed by atoms with Crippen LogP contribution in [0.5, 0.6) is 0 Å². The lowest BCUT2D eigenvalue weighted by Gasteiger charge is -2.16. The smallest absolute Gasteiger partial charge is 0.0991 e. The Morgan fingerprint density at radius 3 is 2.10 bits per heavy atom. The molecule has 21 heavy (non-hydrogen) atoms. The van der Waals surface area contributed by atoms with E-state index in [0.29, 0.717) is 12.1 Å². The van der Waals surface area contributed by atoms with Crippen molar-refractivity contribution >= 4 is 5.69 Å². The van der Waals surface area contributed by atoms with Crippen molar-refractivity contribution in [2.24, 2.45) is 0 Å². The second-order valence-electron chi connectivity index (χ2n) is 5.48. The Hall–Kier alpha value is -2.78. The minimum absolute atomic E-state index is 0.467. The summed E-state index contributed by atoms with van der Waals surface area (Å²) in [6, 6.07) is 19.8. The maximum atomic E-state index is 9.12. The lowest BCUT2D eigenvalue weighted by molar-refractivity contribution is 0.687. The van der Waals surface area contributed by atoms with Crippen molar-refractivity contribution < 1.29 is 0 Å². The molecule has 0 aliphatic rings. The molecule has 0 amide bonds. The van der Waals surface area contributed by atoms with Gasteiger partial charge in [-0.3, -0.25) is 0 Å². The fourth-order valence-electron chi connectivity index (χ4n) is 1.97. The fourth-order valence-corrected chi connectivity index (χ4v) is 1.97. The second-order valence-corrected chi connectivity index (χ2v) is 5.48. The molecular formula is C18H17N3. The molecule has 0 unspecified atom stereocenters. The van der Waals surface area contributed by atoms with E-state index >= 15 is 0 Å². The summed E-state index contributed by atoms with van der Waals surface area (Å²) in [5.41, 5.74) is 3.34. The third kappa shape index (κ3) is 3.61. The van der Waals surface area contributed by atoms with Gasteiger partial charge in [0.2, 0.25) is 0 Å². The molecule has 1 N–H and O–H groups in total. The maximum absolute atomic E-state index is 9.12. The molecule has 2 rings (SSSR count). The van der Waals surface area contributed by atoms with E-state index in [1.54, 1.807) is 0 Å². The van der Waals surface area contributed by atoms with Crippen LogP contribution in [-0.2, 0) is 12.0 Å². The Morgan fingerprint density at radius 2 is 1.57 bits per heavy atom. The van der Waals surface area contributed by atoms with Crippen molar-refractivity contribution in [1.29, 1.82) is 10.5 Å². The van der Waals surface area contributed by atoms with Gasteiger partial charge in [-0.05, 0) is 49.2 Å². The molecule has 2 aromatic carbocycles. The normalized spacial score (nSPS) is 10.5. The van der Waals surface area contributed by atoms with Gasteiger partial charge in [0.25, 0.3) is 0 Å². The molecule has 0 aromatic heterocycles. The van der Waals surface area contributed by atoms with Crippen LogP contribution < -0.4 is 5.32 Å². The van der Waals surface area contributed by atoms with E-state index in [2.05, 4.69) is 17.5 Å². The monoisotopic (exact) mass is 275 g/mol. The number of nitriles is 2. The first kappa shape index (κ1) is 14.6. The maximum Gasteiger partial charge on any atom is 0.0991 e. The van der Waals surface area contributed by atoms with Crippen LogP contribution in [-0.4, -0.2) is 0 Å². The van der Waals surface area contributed by atoms with Crippen LogP contribution in [0, 0.1) is 22.7 Å². The highest BCUT2D eigenvalue weighted by atomic mass is 14.9. The van der Waals surface area contributed by atoms with Crippen molar-refractivity contribution in [3.05, 3.63) is 65.2 Å². The van der Waals surface area contributed by atoms with Crippen molar-refractivity contribution in [3.63, 3.8) is 0 Å². The largest absolute Gasteiger partial charge is 0.381 e. The van der Waals surface area contributed by atoms with Gasteiger partial charge in [-0.25, -0.2) is 0 Å². The highest BCUT2D eigenvalue weighted by molar-refractivity contribution is 5.47. The summed E-state index contributed by atoms with van der Waals surface area (Å²) >= 11 is 0. The Morgan fingerprint density at radius 1 is 0.952 bits per heavy atom. The summed E-state index contributed by atoms with van der Waals surface area (Å²) in [5, 5.41) is 21.2. The number of benzene rings is 2. The first-order chi connectivity index (χ1) is 10.0. The summed E-state index contributed by atoms with van der Waals surface area (Å²) < 4.78 is 0. The molecule has 0 aliphatic heterocycles. The molecule has 0 bridgehead atoms. The van der Waals surface area contributed by atoms with Gasteiger partial charge in [-0.2, -0.15) is 10.5 Å². The van der Waals surface area contributed by atoms with E-state index in [-0.39, 0.29) is 0 Å². The number of nitrogens with one attached hydrogen (secondary N) is 1. The van der Waals surface area contributed by atoms with Crippen molar-refractivity contribution in [3.8, 4) is 12.1 Å². The standard InChI is InChI=1S/C18H17N3/c1-18(2,13-20)16-7-9-17(10-8-16)21-12-15-5-3-14(11-19)4-6-15/h3-10,21H,12H2,1-2H3. The highest BCUT2D eigenvalue weighted by Gasteiger charge is 2.18. The molecule has 3 heteroatoms. The lowest BCUT2D eigenvalue weighted by Crippen LogP contribution is -2.13. The molecule has 0 saturated carbocycles. The van der Waals surface area contributed by atoms with Crippen LogP contribution in [0.25, 0.3) is 0 Å². The van der Waals surface area contributed by atoms with Gasteiger partial charge in [-0.1, -0.05) is 24.3 Å². The fraction of sp³-hybridized carbons (Fsp3) is 0.222. The van der Waals surface area contributed by atoms with Gasteiger partial charge >= 0.3 is 0 Å². The average Bonchev–Trinajstić information content (AvgIpc) is 2.54. The van der Waals surface area contributed by atoms with E-state index in [9.17, 15) is 0 Å². The van der Waals surface area contributed by atoms with Gasteiger partial charge in [0.1, 0.15) is 0 Å². The van der Waals surface area contributed by atoms with Crippen LogP contribution >= 0.6 is 0 Å². The van der Waals surface area contributed by atoms with Crippen molar-refractivity contribution in [2.45, 2.75) is 25.8 Å². The number of nitrogens with zero attached hydrogens (tertiary/aromatic N) is 2. The third-order valence-corrected chi connectivity index (χ3v) is 3.47. The summed E-state index contributed by atoms with van der Waals surface area (Å²) in [6.07, 6.45) is 0. The van der Waals surface area contributed by atoms with Gasteiger partial charge in [0.15, 0.2) is 0 Å². The lowest BCUT2D eigenvalue weighted by atomic mass is 9.86. The predicted octanol–water partition coefficient (Wildman–Crippen LogP) is 3.97. The minimum Gasteiger partial charge on any atom is -0.381 e. The number of rotatable bonds is 4. The number of hydrogen-bond donors (Lipinski definition) is 1.